The normalized spacial score (nSPS) is 15.8. The molecule has 3 heterocycles. The van der Waals surface area contributed by atoms with Crippen LogP contribution >= 0.6 is 31.1 Å². The molecule has 198 valence electrons. The third-order valence-corrected chi connectivity index (χ3v) is 8.42. The number of hydrogen-bond donors (Lipinski definition) is 1. The van der Waals surface area contributed by atoms with Crippen LogP contribution in [-0.4, -0.2) is 60.3 Å². The molecule has 5 rings (SSSR count). The summed E-state index contributed by atoms with van der Waals surface area (Å²) in [7, 11) is 1.89. The fourth-order valence-corrected chi connectivity index (χ4v) is 6.39. The van der Waals surface area contributed by atoms with E-state index in [2.05, 4.69) is 36.2 Å². The van der Waals surface area contributed by atoms with Crippen LogP contribution in [0.3, 0.4) is 0 Å². The number of primary amides is 1. The highest BCUT2D eigenvalue weighted by Gasteiger charge is 2.29. The van der Waals surface area contributed by atoms with Gasteiger partial charge in [0.1, 0.15) is 17.3 Å². The van der Waals surface area contributed by atoms with E-state index in [1.807, 2.05) is 53.0 Å². The molecule has 1 atom stereocenters. The largest absolute Gasteiger partial charge is 0.369 e. The molecule has 2 aromatic carbocycles. The van der Waals surface area contributed by atoms with Crippen LogP contribution in [0.4, 0.5) is 11.6 Å². The second kappa shape index (κ2) is 11.1. The summed E-state index contributed by atoms with van der Waals surface area (Å²) in [4.78, 5) is 21.7. The van der Waals surface area contributed by atoms with Crippen LogP contribution in [0.15, 0.2) is 54.6 Å². The van der Waals surface area contributed by atoms with Gasteiger partial charge >= 0.3 is 0 Å². The molecule has 1 fully saturated rings. The molecular formula is C28H31Cl2N6OP. The molecule has 0 spiro atoms. The van der Waals surface area contributed by atoms with Crippen molar-refractivity contribution in [3.05, 3.63) is 64.6 Å². The lowest BCUT2D eigenvalue weighted by atomic mass is 9.97. The first-order valence-corrected chi connectivity index (χ1v) is 15.8. The fourth-order valence-electron chi connectivity index (χ4n) is 5.05. The minimum atomic E-state index is -0.265. The first kappa shape index (κ1) is 26.7. The van der Waals surface area contributed by atoms with Gasteiger partial charge in [0.2, 0.25) is 5.91 Å². The van der Waals surface area contributed by atoms with E-state index in [0.717, 1.165) is 65.3 Å². The van der Waals surface area contributed by atoms with Gasteiger partial charge < -0.3 is 15.5 Å². The summed E-state index contributed by atoms with van der Waals surface area (Å²) in [6, 6.07) is 17.5. The van der Waals surface area contributed by atoms with Crippen LogP contribution in [0.2, 0.25) is 10.0 Å². The Balaban J connectivity index is 1.80. The molecule has 1 aliphatic heterocycles. The van der Waals surface area contributed by atoms with Gasteiger partial charge in [0.15, 0.2) is 5.65 Å². The summed E-state index contributed by atoms with van der Waals surface area (Å²) < 4.78 is 1.89. The molecule has 38 heavy (non-hydrogen) atoms. The van der Waals surface area contributed by atoms with Crippen LogP contribution in [-0.2, 0) is 4.79 Å². The average molecular weight is 569 g/mol. The van der Waals surface area contributed by atoms with E-state index in [1.165, 1.54) is 0 Å². The van der Waals surface area contributed by atoms with E-state index in [-0.39, 0.29) is 19.7 Å². The highest BCUT2D eigenvalue weighted by atomic mass is 35.5. The number of anilines is 2. The molecule has 1 unspecified atom stereocenters. The first-order chi connectivity index (χ1) is 18.2. The summed E-state index contributed by atoms with van der Waals surface area (Å²) in [5.41, 5.74) is 9.84. The summed E-state index contributed by atoms with van der Waals surface area (Å²) in [5.74, 6) is 1.26. The van der Waals surface area contributed by atoms with Crippen LogP contribution in [0.25, 0.3) is 28.0 Å². The van der Waals surface area contributed by atoms with Gasteiger partial charge in [-0.2, -0.15) is 9.61 Å². The minimum Gasteiger partial charge on any atom is -0.369 e. The van der Waals surface area contributed by atoms with Crippen molar-refractivity contribution in [1.82, 2.24) is 14.6 Å². The molecule has 1 amide bonds. The maximum Gasteiger partial charge on any atom is 0.222 e. The summed E-state index contributed by atoms with van der Waals surface area (Å²) in [6.45, 7) is 5.85. The standard InChI is InChI=1S/C28H31Cl2N6OP/c1-34(17-38(2)3)23-15-24(35-14-6-7-19(16-35)27(31)37)36-28(32-23)25(18-10-12-20(29)13-11-18)26(33-36)21-8-4-5-9-22(21)30/h4-5,8-13,15,19H,6-7,14,16-17H2,1-3H3,(H2,31,37). The van der Waals surface area contributed by atoms with Crippen LogP contribution in [0.5, 0.6) is 0 Å². The molecule has 10 heteroatoms. The van der Waals surface area contributed by atoms with Crippen LogP contribution in [0.1, 0.15) is 12.8 Å². The molecule has 2 N–H and O–H groups in total. The van der Waals surface area contributed by atoms with Gasteiger partial charge in [-0.05, 0) is 49.9 Å². The lowest BCUT2D eigenvalue weighted by Crippen LogP contribution is -2.42. The number of nitrogens with zero attached hydrogens (tertiary/aromatic N) is 5. The zero-order chi connectivity index (χ0) is 27.0. The second-order valence-corrected chi connectivity index (χ2v) is 13.3. The highest BCUT2D eigenvalue weighted by Crippen LogP contribution is 2.41. The molecule has 0 bridgehead atoms. The van der Waals surface area contributed by atoms with E-state index >= 15 is 0 Å². The zero-order valence-electron chi connectivity index (χ0n) is 21.7. The van der Waals surface area contributed by atoms with Gasteiger partial charge in [-0.1, -0.05) is 61.5 Å². The molecule has 1 saturated heterocycles. The number of hydrogen-bond acceptors (Lipinski definition) is 5. The number of carbonyl (C=O) groups is 1. The second-order valence-electron chi connectivity index (χ2n) is 10.0. The number of amides is 1. The Labute approximate surface area is 234 Å². The third-order valence-electron chi connectivity index (χ3n) is 6.85. The van der Waals surface area contributed by atoms with Crippen molar-refractivity contribution in [2.24, 2.45) is 11.7 Å². The minimum absolute atomic E-state index is 0.180. The van der Waals surface area contributed by atoms with Gasteiger partial charge in [-0.25, -0.2) is 4.98 Å². The van der Waals surface area contributed by atoms with Crippen molar-refractivity contribution in [2.45, 2.75) is 12.8 Å². The average Bonchev–Trinajstić information content (AvgIpc) is 3.27. The molecule has 1 aliphatic rings. The Morgan fingerprint density at radius 1 is 1.16 bits per heavy atom. The Kier molecular flexibility index (Phi) is 7.80. The molecule has 0 aliphatic carbocycles. The smallest absolute Gasteiger partial charge is 0.222 e. The number of halogens is 2. The molecule has 0 saturated carbocycles. The van der Waals surface area contributed by atoms with E-state index in [1.54, 1.807) is 0 Å². The lowest BCUT2D eigenvalue weighted by molar-refractivity contribution is -0.122. The highest BCUT2D eigenvalue weighted by molar-refractivity contribution is 7.56. The van der Waals surface area contributed by atoms with Crippen LogP contribution in [0, 0.1) is 5.92 Å². The predicted octanol–water partition coefficient (Wildman–Crippen LogP) is 6.21. The maximum absolute atomic E-state index is 12.1. The number of benzene rings is 2. The van der Waals surface area contributed by atoms with Gasteiger partial charge in [0.25, 0.3) is 0 Å². The topological polar surface area (TPSA) is 79.8 Å². The van der Waals surface area contributed by atoms with Gasteiger partial charge in [0, 0.05) is 43.1 Å². The number of carbonyl (C=O) groups excluding carboxylic acids is 1. The van der Waals surface area contributed by atoms with Gasteiger partial charge in [0.05, 0.1) is 16.5 Å². The van der Waals surface area contributed by atoms with Crippen molar-refractivity contribution < 1.29 is 4.79 Å². The number of rotatable bonds is 7. The molecule has 0 radical (unpaired) electrons. The van der Waals surface area contributed by atoms with Gasteiger partial charge in [-0.15, -0.1) is 0 Å². The monoisotopic (exact) mass is 568 g/mol. The van der Waals surface area contributed by atoms with Crippen molar-refractivity contribution >= 4 is 54.3 Å². The fraction of sp³-hybridized carbons (Fsp3) is 0.321. The van der Waals surface area contributed by atoms with Crippen molar-refractivity contribution in [3.63, 3.8) is 0 Å². The Morgan fingerprint density at radius 3 is 2.58 bits per heavy atom. The number of piperidine rings is 1. The molecule has 4 aromatic rings. The molecule has 7 nitrogen and oxygen atoms in total. The zero-order valence-corrected chi connectivity index (χ0v) is 24.1. The number of nitrogens with two attached hydrogens (primary N) is 1. The summed E-state index contributed by atoms with van der Waals surface area (Å²) in [6.07, 6.45) is 2.58. The third kappa shape index (κ3) is 5.33. The number of aromatic nitrogens is 3. The Bertz CT molecular complexity index is 1470. The maximum atomic E-state index is 12.1. The Hall–Kier alpha value is -2.86. The first-order valence-electron chi connectivity index (χ1n) is 12.6. The predicted molar refractivity (Wildman–Crippen MR) is 160 cm³/mol. The van der Waals surface area contributed by atoms with Gasteiger partial charge in [-0.3, -0.25) is 4.79 Å². The van der Waals surface area contributed by atoms with Crippen molar-refractivity contribution in [1.29, 1.82) is 0 Å². The van der Waals surface area contributed by atoms with E-state index in [4.69, 9.17) is 39.0 Å². The molecular weight excluding hydrogens is 538 g/mol. The van der Waals surface area contributed by atoms with E-state index < -0.39 is 0 Å². The van der Waals surface area contributed by atoms with Crippen molar-refractivity contribution in [2.75, 3.05) is 49.6 Å². The van der Waals surface area contributed by atoms with Crippen LogP contribution < -0.4 is 15.5 Å². The van der Waals surface area contributed by atoms with E-state index in [0.29, 0.717) is 16.6 Å². The number of fused-ring (bicyclic) bond motifs is 1. The molecule has 2 aromatic heterocycles. The van der Waals surface area contributed by atoms with E-state index in [9.17, 15) is 4.79 Å². The SMILES string of the molecule is CN(CP(C)C)c1cc(N2CCCC(C(N)=O)C2)n2nc(-c3ccccc3Cl)c(-c3ccc(Cl)cc3)c2n1. The Morgan fingerprint density at radius 2 is 1.89 bits per heavy atom. The summed E-state index contributed by atoms with van der Waals surface area (Å²) in [5, 5.41) is 6.38. The lowest BCUT2D eigenvalue weighted by Gasteiger charge is -2.33. The summed E-state index contributed by atoms with van der Waals surface area (Å²) >= 11 is 12.9. The van der Waals surface area contributed by atoms with Crippen molar-refractivity contribution in [3.8, 4) is 22.4 Å². The quantitative estimate of drug-likeness (QED) is 0.268.